The minimum atomic E-state index is -2.94. The third-order valence-electron chi connectivity index (χ3n) is 1.10. The van der Waals surface area contributed by atoms with Crippen molar-refractivity contribution in [3.63, 3.8) is 0 Å². The second kappa shape index (κ2) is 2.88. The predicted molar refractivity (Wildman–Crippen MR) is 57.4 cm³/mol. The van der Waals surface area contributed by atoms with Gasteiger partial charge in [-0.05, 0) is 0 Å². The first kappa shape index (κ1) is 10.8. The average Bonchev–Trinajstić information content (AvgIpc) is 1.44. The molecule has 76 valence electrons. The molecule has 0 aromatic rings. The van der Waals surface area contributed by atoms with E-state index in [0.29, 0.717) is 0 Å². The van der Waals surface area contributed by atoms with Gasteiger partial charge < -0.3 is 0 Å². The van der Waals surface area contributed by atoms with Crippen LogP contribution in [-0.2, 0) is 0 Å². The van der Waals surface area contributed by atoms with Gasteiger partial charge in [0.15, 0.2) is 0 Å². The van der Waals surface area contributed by atoms with Crippen LogP contribution in [0, 0.1) is 0 Å². The molecule has 9 nitrogen and oxygen atoms in total. The van der Waals surface area contributed by atoms with Crippen LogP contribution in [0.25, 0.3) is 0 Å². The molecule has 0 atom stereocenters. The van der Waals surface area contributed by atoms with E-state index >= 15 is 0 Å². The summed E-state index contributed by atoms with van der Waals surface area (Å²) in [6, 6.07) is 0. The van der Waals surface area contributed by atoms with E-state index < -0.39 is 23.2 Å². The van der Waals surface area contributed by atoms with Crippen LogP contribution < -0.4 is 42.7 Å². The zero-order valence-electron chi connectivity index (χ0n) is 6.36. The second-order valence-electron chi connectivity index (χ2n) is 2.77. The Bertz CT molecular complexity index is 232. The third-order valence-corrected chi connectivity index (χ3v) is 9.92. The van der Waals surface area contributed by atoms with Gasteiger partial charge in [0.25, 0.3) is 0 Å². The van der Waals surface area contributed by atoms with E-state index in [9.17, 15) is 0 Å². The van der Waals surface area contributed by atoms with Crippen LogP contribution in [0.4, 0.5) is 0 Å². The van der Waals surface area contributed by atoms with Gasteiger partial charge in [-0.15, -0.1) is 0 Å². The summed E-state index contributed by atoms with van der Waals surface area (Å²) in [6.45, 7) is 0. The van der Waals surface area contributed by atoms with E-state index in [1.54, 1.807) is 0 Å². The molecule has 1 aliphatic heterocycles. The van der Waals surface area contributed by atoms with Crippen LogP contribution in [0.2, 0.25) is 0 Å². The third kappa shape index (κ3) is 2.92. The fourth-order valence-electron chi connectivity index (χ4n) is 0.979. The molecule has 1 aliphatic rings. The molecule has 12 heavy (non-hydrogen) atoms. The van der Waals surface area contributed by atoms with Crippen molar-refractivity contribution in [2.45, 2.75) is 0 Å². The molecule has 0 radical (unpaired) electrons. The van der Waals surface area contributed by atoms with E-state index in [1.165, 1.54) is 0 Å². The Labute approximate surface area is 71.3 Å². The molecule has 0 aromatic heterocycles. The SMILES string of the molecule is NP1(N)=N[PH](N)(N)N[PH](N)(N)N1. The molecular weight excluding hydrogens is 219 g/mol. The van der Waals surface area contributed by atoms with E-state index in [-0.39, 0.29) is 0 Å². The van der Waals surface area contributed by atoms with Gasteiger partial charge in [-0.2, -0.15) is 0 Å². The maximum absolute atomic E-state index is 5.61. The van der Waals surface area contributed by atoms with Crippen LogP contribution in [-0.4, -0.2) is 0 Å². The Morgan fingerprint density at radius 1 is 1.08 bits per heavy atom. The van der Waals surface area contributed by atoms with Gasteiger partial charge in [0.2, 0.25) is 0 Å². The van der Waals surface area contributed by atoms with Crippen LogP contribution in [0.15, 0.2) is 4.52 Å². The number of hydrogen-bond acceptors (Lipinski definition) is 9. The molecule has 0 amide bonds. The number of hydrogen-bond donors (Lipinski definition) is 8. The van der Waals surface area contributed by atoms with Gasteiger partial charge in [-0.1, -0.05) is 0 Å². The summed E-state index contributed by atoms with van der Waals surface area (Å²) in [4.78, 5) is 5.31. The van der Waals surface area contributed by atoms with Gasteiger partial charge in [-0.25, -0.2) is 0 Å². The van der Waals surface area contributed by atoms with Gasteiger partial charge in [0.05, 0.1) is 0 Å². The summed E-state index contributed by atoms with van der Waals surface area (Å²) in [5.74, 6) is 0. The molecule has 12 heteroatoms. The minimum absolute atomic E-state index is 2.64. The summed E-state index contributed by atoms with van der Waals surface area (Å²) < 4.78 is 3.86. The van der Waals surface area contributed by atoms with E-state index in [4.69, 9.17) is 33.0 Å². The summed E-state index contributed by atoms with van der Waals surface area (Å²) in [5, 5.41) is 0. The van der Waals surface area contributed by atoms with Gasteiger partial charge in [0, 0.05) is 0 Å². The molecule has 0 aliphatic carbocycles. The first-order valence-corrected chi connectivity index (χ1v) is 9.20. The first-order chi connectivity index (χ1) is 5.12. The van der Waals surface area contributed by atoms with Gasteiger partial charge in [0.1, 0.15) is 0 Å². The normalized spacial score (nSPS) is 36.2. The molecule has 1 heterocycles. The Kier molecular flexibility index (Phi) is 2.60. The van der Waals surface area contributed by atoms with Crippen molar-refractivity contribution in [2.24, 2.45) is 37.5 Å². The summed E-state index contributed by atoms with van der Waals surface area (Å²) in [5.41, 5.74) is 33.5. The number of nitrogens with two attached hydrogens (primary N) is 6. The number of nitrogens with zero attached hydrogens (tertiary/aromatic N) is 1. The van der Waals surface area contributed by atoms with Crippen LogP contribution in [0.1, 0.15) is 0 Å². The molecule has 0 saturated heterocycles. The van der Waals surface area contributed by atoms with E-state index in [2.05, 4.69) is 14.2 Å². The molecule has 0 bridgehead atoms. The number of rotatable bonds is 0. The molecule has 0 unspecified atom stereocenters. The van der Waals surface area contributed by atoms with Crippen molar-refractivity contribution >= 4 is 23.2 Å². The molecule has 0 fully saturated rings. The topological polar surface area (TPSA) is 193 Å². The Balaban J connectivity index is 3.03. The van der Waals surface area contributed by atoms with Gasteiger partial charge in [-0.3, -0.25) is 0 Å². The fourth-order valence-corrected chi connectivity index (χ4v) is 10.2. The van der Waals surface area contributed by atoms with Crippen molar-refractivity contribution in [3.05, 3.63) is 0 Å². The van der Waals surface area contributed by atoms with E-state index in [0.717, 1.165) is 0 Å². The summed E-state index contributed by atoms with van der Waals surface area (Å²) >= 11 is 0. The Morgan fingerprint density at radius 3 is 1.92 bits per heavy atom. The van der Waals surface area contributed by atoms with Crippen LogP contribution in [0.5, 0.6) is 0 Å². The summed E-state index contributed by atoms with van der Waals surface area (Å²) in [6.07, 6.45) is 0. The molecule has 0 spiro atoms. The Morgan fingerprint density at radius 2 is 1.58 bits per heavy atom. The molecule has 14 N–H and O–H groups in total. The number of nitrogens with one attached hydrogen (secondary N) is 2. The molecular formula is H16N9P3. The van der Waals surface area contributed by atoms with Crippen LogP contribution >= 0.6 is 23.2 Å². The van der Waals surface area contributed by atoms with Crippen LogP contribution in [0.3, 0.4) is 0 Å². The zero-order valence-corrected chi connectivity index (χ0v) is 9.25. The molecule has 0 saturated carbocycles. The van der Waals surface area contributed by atoms with Crippen molar-refractivity contribution in [3.8, 4) is 0 Å². The average molecular weight is 235 g/mol. The van der Waals surface area contributed by atoms with Gasteiger partial charge >= 0.3 is 70.5 Å². The zero-order chi connectivity index (χ0) is 9.62. The van der Waals surface area contributed by atoms with Crippen molar-refractivity contribution in [1.82, 2.24) is 9.72 Å². The quantitative estimate of drug-likeness (QED) is 0.214. The fraction of sp³-hybridized carbons (Fsp3) is 0. The molecule has 1 rings (SSSR count). The van der Waals surface area contributed by atoms with Crippen molar-refractivity contribution < 1.29 is 0 Å². The predicted octanol–water partition coefficient (Wildman–Crippen LogP) is -2.30. The summed E-state index contributed by atoms with van der Waals surface area (Å²) in [7, 11) is -8.43. The maximum atomic E-state index is 5.61. The standard InChI is InChI=1S/H16N9P3/c1-10(2)7-11(3,4)9-12(5,6)8-10/h7-8,10-11H,1-6H2. The van der Waals surface area contributed by atoms with Crippen molar-refractivity contribution in [1.29, 1.82) is 0 Å². The molecule has 0 aromatic carbocycles. The first-order valence-electron chi connectivity index (χ1n) is 3.07. The monoisotopic (exact) mass is 235 g/mol. The van der Waals surface area contributed by atoms with Crippen molar-refractivity contribution in [2.75, 3.05) is 0 Å². The Hall–Kier alpha value is 0.770. The second-order valence-corrected chi connectivity index (χ2v) is 10.3. The van der Waals surface area contributed by atoms with E-state index in [1.807, 2.05) is 0 Å².